The highest BCUT2D eigenvalue weighted by atomic mass is 16.5. The van der Waals surface area contributed by atoms with Gasteiger partial charge in [-0.3, -0.25) is 4.79 Å². The fourth-order valence-electron chi connectivity index (χ4n) is 2.07. The minimum atomic E-state index is -0.838. The second-order valence-electron chi connectivity index (χ2n) is 4.72. The van der Waals surface area contributed by atoms with Crippen molar-refractivity contribution in [3.8, 4) is 0 Å². The lowest BCUT2D eigenvalue weighted by Gasteiger charge is -2.36. The number of carboxylic acids is 1. The molecule has 6 heteroatoms. The monoisotopic (exact) mass is 258 g/mol. The predicted molar refractivity (Wildman–Crippen MR) is 66.4 cm³/mol. The van der Waals surface area contributed by atoms with Gasteiger partial charge in [0.05, 0.1) is 6.10 Å². The topological polar surface area (TPSA) is 78.9 Å². The SMILES string of the molecule is COC1CN(C(=O)NCCCC(=O)O)CCC1C. The van der Waals surface area contributed by atoms with E-state index in [9.17, 15) is 9.59 Å². The van der Waals surface area contributed by atoms with Crippen molar-refractivity contribution in [1.29, 1.82) is 0 Å². The van der Waals surface area contributed by atoms with Gasteiger partial charge in [-0.2, -0.15) is 0 Å². The molecule has 0 bridgehead atoms. The van der Waals surface area contributed by atoms with Gasteiger partial charge in [-0.25, -0.2) is 4.79 Å². The average Bonchev–Trinajstić information content (AvgIpc) is 2.34. The number of carbonyl (C=O) groups is 2. The van der Waals surface area contributed by atoms with Crippen LogP contribution in [0.15, 0.2) is 0 Å². The summed E-state index contributed by atoms with van der Waals surface area (Å²) in [5, 5.41) is 11.2. The minimum absolute atomic E-state index is 0.0814. The lowest BCUT2D eigenvalue weighted by molar-refractivity contribution is -0.137. The van der Waals surface area contributed by atoms with Crippen LogP contribution in [0.5, 0.6) is 0 Å². The Hall–Kier alpha value is -1.30. The molecule has 0 saturated carbocycles. The number of urea groups is 1. The van der Waals surface area contributed by atoms with Crippen molar-refractivity contribution in [2.24, 2.45) is 5.92 Å². The van der Waals surface area contributed by atoms with Crippen molar-refractivity contribution >= 4 is 12.0 Å². The van der Waals surface area contributed by atoms with E-state index in [2.05, 4.69) is 12.2 Å². The van der Waals surface area contributed by atoms with Crippen LogP contribution in [0.1, 0.15) is 26.2 Å². The van der Waals surface area contributed by atoms with Gasteiger partial charge in [0.1, 0.15) is 0 Å². The van der Waals surface area contributed by atoms with E-state index in [1.165, 1.54) is 0 Å². The van der Waals surface area contributed by atoms with Crippen LogP contribution in [-0.4, -0.2) is 54.9 Å². The zero-order valence-corrected chi connectivity index (χ0v) is 11.0. The Kier molecular flexibility index (Phi) is 5.91. The number of nitrogens with one attached hydrogen (secondary N) is 1. The highest BCUT2D eigenvalue weighted by Crippen LogP contribution is 2.19. The summed E-state index contributed by atoms with van der Waals surface area (Å²) in [4.78, 5) is 23.9. The summed E-state index contributed by atoms with van der Waals surface area (Å²) in [6.45, 7) is 3.85. The summed E-state index contributed by atoms with van der Waals surface area (Å²) in [6.07, 6.45) is 1.56. The van der Waals surface area contributed by atoms with Crippen LogP contribution in [0.2, 0.25) is 0 Å². The molecule has 2 amide bonds. The summed E-state index contributed by atoms with van der Waals surface area (Å²) >= 11 is 0. The van der Waals surface area contributed by atoms with E-state index in [1.54, 1.807) is 12.0 Å². The van der Waals surface area contributed by atoms with Gasteiger partial charge >= 0.3 is 12.0 Å². The highest BCUT2D eigenvalue weighted by Gasteiger charge is 2.28. The van der Waals surface area contributed by atoms with E-state index in [4.69, 9.17) is 9.84 Å². The third-order valence-electron chi connectivity index (χ3n) is 3.32. The summed E-state index contributed by atoms with van der Waals surface area (Å²) in [5.41, 5.74) is 0. The van der Waals surface area contributed by atoms with Gasteiger partial charge in [0, 0.05) is 33.2 Å². The molecule has 0 radical (unpaired) electrons. The van der Waals surface area contributed by atoms with E-state index in [0.717, 1.165) is 13.0 Å². The van der Waals surface area contributed by atoms with Crippen LogP contribution in [0, 0.1) is 5.92 Å². The molecule has 0 aromatic heterocycles. The Morgan fingerprint density at radius 3 is 2.83 bits per heavy atom. The standard InChI is InChI=1S/C12H22N2O4/c1-9-5-7-14(8-10(9)18-2)12(17)13-6-3-4-11(15)16/h9-10H,3-8H2,1-2H3,(H,13,17)(H,15,16). The molecule has 1 fully saturated rings. The summed E-state index contributed by atoms with van der Waals surface area (Å²) in [5.74, 6) is -0.374. The summed E-state index contributed by atoms with van der Waals surface area (Å²) < 4.78 is 5.34. The maximum Gasteiger partial charge on any atom is 0.317 e. The average molecular weight is 258 g/mol. The number of carboxylic acid groups (broad SMARTS) is 1. The predicted octanol–water partition coefficient (Wildman–Crippen LogP) is 0.918. The molecule has 1 rings (SSSR count). The second-order valence-corrected chi connectivity index (χ2v) is 4.72. The second kappa shape index (κ2) is 7.20. The number of rotatable bonds is 5. The first kappa shape index (κ1) is 14.8. The van der Waals surface area contributed by atoms with Gasteiger partial charge in [0.15, 0.2) is 0 Å². The smallest absolute Gasteiger partial charge is 0.317 e. The largest absolute Gasteiger partial charge is 0.481 e. The minimum Gasteiger partial charge on any atom is -0.481 e. The molecule has 1 saturated heterocycles. The van der Waals surface area contributed by atoms with Crippen molar-refractivity contribution in [3.63, 3.8) is 0 Å². The van der Waals surface area contributed by atoms with Crippen LogP contribution in [0.25, 0.3) is 0 Å². The van der Waals surface area contributed by atoms with Gasteiger partial charge in [0.25, 0.3) is 0 Å². The molecule has 2 unspecified atom stereocenters. The first-order chi connectivity index (χ1) is 8.54. The van der Waals surface area contributed by atoms with E-state index in [0.29, 0.717) is 25.4 Å². The summed E-state index contributed by atoms with van der Waals surface area (Å²) in [6, 6.07) is -0.130. The number of aliphatic carboxylic acids is 1. The number of amides is 2. The molecule has 104 valence electrons. The van der Waals surface area contributed by atoms with Gasteiger partial charge in [-0.05, 0) is 18.8 Å². The third-order valence-corrected chi connectivity index (χ3v) is 3.32. The van der Waals surface area contributed by atoms with Crippen LogP contribution >= 0.6 is 0 Å². The van der Waals surface area contributed by atoms with Crippen molar-refractivity contribution in [1.82, 2.24) is 10.2 Å². The molecular weight excluding hydrogens is 236 g/mol. The molecule has 1 aliphatic heterocycles. The molecule has 0 aromatic carbocycles. The first-order valence-corrected chi connectivity index (χ1v) is 6.32. The Bertz CT molecular complexity index is 296. The van der Waals surface area contributed by atoms with Crippen molar-refractivity contribution < 1.29 is 19.4 Å². The van der Waals surface area contributed by atoms with E-state index in [1.807, 2.05) is 0 Å². The van der Waals surface area contributed by atoms with E-state index in [-0.39, 0.29) is 18.6 Å². The number of piperidine rings is 1. The lowest BCUT2D eigenvalue weighted by atomic mass is 9.96. The van der Waals surface area contributed by atoms with Crippen LogP contribution < -0.4 is 5.32 Å². The lowest BCUT2D eigenvalue weighted by Crippen LogP contribution is -2.50. The quantitative estimate of drug-likeness (QED) is 0.719. The fourth-order valence-corrected chi connectivity index (χ4v) is 2.07. The maximum absolute atomic E-state index is 11.8. The zero-order valence-electron chi connectivity index (χ0n) is 11.0. The van der Waals surface area contributed by atoms with Crippen LogP contribution in [-0.2, 0) is 9.53 Å². The van der Waals surface area contributed by atoms with Crippen molar-refractivity contribution in [2.75, 3.05) is 26.7 Å². The van der Waals surface area contributed by atoms with Gasteiger partial charge < -0.3 is 20.1 Å². The van der Waals surface area contributed by atoms with E-state index >= 15 is 0 Å². The molecule has 0 spiro atoms. The normalized spacial score (nSPS) is 23.8. The third kappa shape index (κ3) is 4.52. The number of hydrogen-bond donors (Lipinski definition) is 2. The molecule has 1 heterocycles. The molecule has 1 aliphatic rings. The first-order valence-electron chi connectivity index (χ1n) is 6.32. The van der Waals surface area contributed by atoms with Crippen LogP contribution in [0.4, 0.5) is 4.79 Å². The zero-order chi connectivity index (χ0) is 13.5. The van der Waals surface area contributed by atoms with E-state index < -0.39 is 5.97 Å². The van der Waals surface area contributed by atoms with Crippen molar-refractivity contribution in [2.45, 2.75) is 32.3 Å². The number of likely N-dealkylation sites (tertiary alicyclic amines) is 1. The maximum atomic E-state index is 11.8. The Morgan fingerprint density at radius 1 is 1.50 bits per heavy atom. The fraction of sp³-hybridized carbons (Fsp3) is 0.833. The Balaban J connectivity index is 2.27. The van der Waals surface area contributed by atoms with Crippen molar-refractivity contribution in [3.05, 3.63) is 0 Å². The number of nitrogens with zero attached hydrogens (tertiary/aromatic N) is 1. The molecule has 6 nitrogen and oxygen atoms in total. The summed E-state index contributed by atoms with van der Waals surface area (Å²) in [7, 11) is 1.66. The van der Waals surface area contributed by atoms with Gasteiger partial charge in [-0.1, -0.05) is 6.92 Å². The van der Waals surface area contributed by atoms with Gasteiger partial charge in [-0.15, -0.1) is 0 Å². The number of carbonyl (C=O) groups excluding carboxylic acids is 1. The molecule has 2 N–H and O–H groups in total. The molecule has 2 atom stereocenters. The molecular formula is C12H22N2O4. The number of ether oxygens (including phenoxy) is 1. The Morgan fingerprint density at radius 2 is 2.22 bits per heavy atom. The molecule has 18 heavy (non-hydrogen) atoms. The van der Waals surface area contributed by atoms with Crippen LogP contribution in [0.3, 0.4) is 0 Å². The number of methoxy groups -OCH3 is 1. The van der Waals surface area contributed by atoms with Gasteiger partial charge in [0.2, 0.25) is 0 Å². The highest BCUT2D eigenvalue weighted by molar-refractivity contribution is 5.74. The molecule has 0 aromatic rings. The number of hydrogen-bond acceptors (Lipinski definition) is 3. The molecule has 0 aliphatic carbocycles. The Labute approximate surface area is 107 Å².